The molecule has 0 aliphatic rings. The minimum absolute atomic E-state index is 0.0765. The molecule has 0 atom stereocenters. The molecule has 2 aromatic rings. The van der Waals surface area contributed by atoms with Crippen molar-refractivity contribution in [3.8, 4) is 11.8 Å². The first kappa shape index (κ1) is 15.0. The highest BCUT2D eigenvalue weighted by Gasteiger charge is 2.13. The molecule has 0 radical (unpaired) electrons. The number of benzene rings is 2. The first-order valence-electron chi connectivity index (χ1n) is 5.97. The molecule has 0 aliphatic carbocycles. The Morgan fingerprint density at radius 2 is 2.10 bits per heavy atom. The van der Waals surface area contributed by atoms with E-state index in [9.17, 15) is 9.18 Å². The van der Waals surface area contributed by atoms with Crippen molar-refractivity contribution in [3.63, 3.8) is 0 Å². The van der Waals surface area contributed by atoms with E-state index >= 15 is 0 Å². The van der Waals surface area contributed by atoms with Crippen LogP contribution in [0.3, 0.4) is 0 Å². The maximum absolute atomic E-state index is 13.4. The lowest BCUT2D eigenvalue weighted by Gasteiger charge is -2.09. The van der Waals surface area contributed by atoms with E-state index in [0.717, 1.165) is 0 Å². The average molecular weight is 349 g/mol. The van der Waals surface area contributed by atoms with Crippen LogP contribution in [0.4, 0.5) is 10.1 Å². The molecule has 6 heteroatoms. The second-order valence-corrected chi connectivity index (χ2v) is 4.82. The van der Waals surface area contributed by atoms with E-state index in [1.807, 2.05) is 6.07 Å². The van der Waals surface area contributed by atoms with Crippen molar-refractivity contribution < 1.29 is 13.9 Å². The average Bonchev–Trinajstić information content (AvgIpc) is 2.48. The van der Waals surface area contributed by atoms with Gasteiger partial charge in [-0.3, -0.25) is 4.79 Å². The third-order valence-corrected chi connectivity index (χ3v) is 3.40. The van der Waals surface area contributed by atoms with Crippen molar-refractivity contribution in [3.05, 3.63) is 58.3 Å². The van der Waals surface area contributed by atoms with Gasteiger partial charge in [0, 0.05) is 11.8 Å². The summed E-state index contributed by atoms with van der Waals surface area (Å²) in [6.45, 7) is -0.0765. The van der Waals surface area contributed by atoms with Gasteiger partial charge in [-0.2, -0.15) is 5.26 Å². The minimum atomic E-state index is -0.506. The highest BCUT2D eigenvalue weighted by Crippen LogP contribution is 2.23. The van der Waals surface area contributed by atoms with Gasteiger partial charge in [-0.15, -0.1) is 0 Å². The molecule has 2 aromatic carbocycles. The van der Waals surface area contributed by atoms with Crippen LogP contribution >= 0.6 is 15.9 Å². The number of hydrogen-bond acceptors (Lipinski definition) is 3. The lowest BCUT2D eigenvalue weighted by Crippen LogP contribution is -2.13. The molecule has 1 N–H and O–H groups in total. The van der Waals surface area contributed by atoms with Crippen LogP contribution in [-0.2, 0) is 0 Å². The fraction of sp³-hybridized carbons (Fsp3) is 0.0667. The number of halogens is 2. The van der Waals surface area contributed by atoms with E-state index in [1.165, 1.54) is 18.2 Å². The second kappa shape index (κ2) is 6.86. The molecule has 0 bridgehead atoms. The lowest BCUT2D eigenvalue weighted by molar-refractivity contribution is 0.102. The predicted octanol–water partition coefficient (Wildman–Crippen LogP) is 3.74. The van der Waals surface area contributed by atoms with Gasteiger partial charge in [0.15, 0.2) is 6.61 Å². The van der Waals surface area contributed by atoms with Crippen molar-refractivity contribution in [1.82, 2.24) is 0 Å². The summed E-state index contributed by atoms with van der Waals surface area (Å²) in [4.78, 5) is 12.1. The summed E-state index contributed by atoms with van der Waals surface area (Å²) in [5.41, 5.74) is 0.685. The number of carbonyl (C=O) groups is 1. The van der Waals surface area contributed by atoms with Crippen LogP contribution < -0.4 is 10.1 Å². The number of hydrogen-bond donors (Lipinski definition) is 1. The van der Waals surface area contributed by atoms with Gasteiger partial charge in [-0.25, -0.2) is 4.39 Å². The number of nitrogens with one attached hydrogen (secondary N) is 1. The summed E-state index contributed by atoms with van der Waals surface area (Å²) < 4.78 is 18.7. The number of ether oxygens (including phenoxy) is 1. The van der Waals surface area contributed by atoms with Crippen LogP contribution in [0, 0.1) is 17.1 Å². The van der Waals surface area contributed by atoms with Gasteiger partial charge in [0.25, 0.3) is 5.91 Å². The minimum Gasteiger partial charge on any atom is -0.479 e. The molecular weight excluding hydrogens is 339 g/mol. The maximum atomic E-state index is 13.4. The van der Waals surface area contributed by atoms with Gasteiger partial charge in [0.05, 0.1) is 10.0 Å². The zero-order valence-electron chi connectivity index (χ0n) is 10.8. The van der Waals surface area contributed by atoms with Crippen molar-refractivity contribution in [1.29, 1.82) is 5.26 Å². The fourth-order valence-electron chi connectivity index (χ4n) is 1.66. The molecule has 0 aliphatic heterocycles. The number of amides is 1. The predicted molar refractivity (Wildman–Crippen MR) is 79.6 cm³/mol. The number of carbonyl (C=O) groups excluding carboxylic acids is 1. The fourth-order valence-corrected chi connectivity index (χ4v) is 2.10. The van der Waals surface area contributed by atoms with Gasteiger partial charge in [-0.05, 0) is 40.2 Å². The van der Waals surface area contributed by atoms with Crippen LogP contribution in [0.5, 0.6) is 5.75 Å². The van der Waals surface area contributed by atoms with E-state index in [0.29, 0.717) is 11.4 Å². The van der Waals surface area contributed by atoms with E-state index < -0.39 is 11.7 Å². The highest BCUT2D eigenvalue weighted by atomic mass is 79.9. The monoisotopic (exact) mass is 348 g/mol. The van der Waals surface area contributed by atoms with Gasteiger partial charge in [0.1, 0.15) is 17.6 Å². The van der Waals surface area contributed by atoms with Crippen LogP contribution in [-0.4, -0.2) is 12.5 Å². The maximum Gasteiger partial charge on any atom is 0.256 e. The van der Waals surface area contributed by atoms with Crippen molar-refractivity contribution in [2.24, 2.45) is 0 Å². The Labute approximate surface area is 129 Å². The second-order valence-electron chi connectivity index (χ2n) is 4.03. The summed E-state index contributed by atoms with van der Waals surface area (Å²) in [6.07, 6.45) is 0. The van der Waals surface area contributed by atoms with Gasteiger partial charge >= 0.3 is 0 Å². The molecule has 4 nitrogen and oxygen atoms in total. The molecule has 106 valence electrons. The Hall–Kier alpha value is -2.39. The number of anilines is 1. The number of nitrogens with zero attached hydrogens (tertiary/aromatic N) is 1. The van der Waals surface area contributed by atoms with Crippen molar-refractivity contribution in [2.45, 2.75) is 0 Å². The Balaban J connectivity index is 2.16. The summed E-state index contributed by atoms with van der Waals surface area (Å²) >= 11 is 3.05. The standard InChI is InChI=1S/C15H10BrFN2O2/c16-14-12(5-2-6-13(14)17)15(20)19-10-3-1-4-11(9-10)21-8-7-18/h1-6,9H,8H2,(H,19,20). The van der Waals surface area contributed by atoms with E-state index in [-0.39, 0.29) is 16.6 Å². The van der Waals surface area contributed by atoms with Crippen molar-refractivity contribution >= 4 is 27.5 Å². The van der Waals surface area contributed by atoms with Gasteiger partial charge < -0.3 is 10.1 Å². The molecule has 1 amide bonds. The summed E-state index contributed by atoms with van der Waals surface area (Å²) in [5, 5.41) is 11.1. The Morgan fingerprint density at radius 1 is 1.33 bits per heavy atom. The number of nitriles is 1. The van der Waals surface area contributed by atoms with Crippen LogP contribution in [0.2, 0.25) is 0 Å². The Bertz CT molecular complexity index is 713. The molecule has 2 rings (SSSR count). The molecule has 0 fully saturated rings. The molecule has 21 heavy (non-hydrogen) atoms. The Kier molecular flexibility index (Phi) is 4.90. The van der Waals surface area contributed by atoms with Crippen LogP contribution in [0.25, 0.3) is 0 Å². The van der Waals surface area contributed by atoms with Gasteiger partial charge in [0.2, 0.25) is 0 Å². The highest BCUT2D eigenvalue weighted by molar-refractivity contribution is 9.10. The quantitative estimate of drug-likeness (QED) is 0.915. The summed E-state index contributed by atoms with van der Waals surface area (Å²) in [6, 6.07) is 12.7. The van der Waals surface area contributed by atoms with Crippen LogP contribution in [0.15, 0.2) is 46.9 Å². The topological polar surface area (TPSA) is 62.1 Å². The number of rotatable bonds is 4. The first-order valence-corrected chi connectivity index (χ1v) is 6.76. The molecule has 0 heterocycles. The molecule has 0 spiro atoms. The lowest BCUT2D eigenvalue weighted by atomic mass is 10.2. The molecule has 0 unspecified atom stereocenters. The zero-order valence-corrected chi connectivity index (χ0v) is 12.4. The summed E-state index contributed by atoms with van der Waals surface area (Å²) in [5.74, 6) is -0.486. The molecular formula is C15H10BrFN2O2. The SMILES string of the molecule is N#CCOc1cccc(NC(=O)c2cccc(F)c2Br)c1. The molecule has 0 saturated carbocycles. The van der Waals surface area contributed by atoms with Crippen LogP contribution in [0.1, 0.15) is 10.4 Å². The normalized spacial score (nSPS) is 9.76. The third-order valence-electron chi connectivity index (χ3n) is 2.59. The third kappa shape index (κ3) is 3.80. The zero-order chi connectivity index (χ0) is 15.2. The molecule has 0 saturated heterocycles. The first-order chi connectivity index (χ1) is 10.1. The van der Waals surface area contributed by atoms with Crippen molar-refractivity contribution in [2.75, 3.05) is 11.9 Å². The van der Waals surface area contributed by atoms with E-state index in [2.05, 4.69) is 21.2 Å². The Morgan fingerprint density at radius 3 is 2.86 bits per heavy atom. The van der Waals surface area contributed by atoms with E-state index in [1.54, 1.807) is 24.3 Å². The van der Waals surface area contributed by atoms with Gasteiger partial charge in [-0.1, -0.05) is 12.1 Å². The smallest absolute Gasteiger partial charge is 0.256 e. The van der Waals surface area contributed by atoms with E-state index in [4.69, 9.17) is 10.00 Å². The molecule has 0 aromatic heterocycles. The largest absolute Gasteiger partial charge is 0.479 e. The summed E-state index contributed by atoms with van der Waals surface area (Å²) in [7, 11) is 0.